The van der Waals surface area contributed by atoms with Crippen molar-refractivity contribution < 1.29 is 8.78 Å². The maximum Gasteiger partial charge on any atom is 0.145 e. The van der Waals surface area contributed by atoms with Gasteiger partial charge in [-0.3, -0.25) is 0 Å². The maximum atomic E-state index is 13.8. The Labute approximate surface area is 137 Å². The van der Waals surface area contributed by atoms with Gasteiger partial charge in [0.2, 0.25) is 0 Å². The van der Waals surface area contributed by atoms with E-state index in [2.05, 4.69) is 37.2 Å². The van der Waals surface area contributed by atoms with Gasteiger partial charge in [-0.25, -0.2) is 8.78 Å². The van der Waals surface area contributed by atoms with E-state index in [1.54, 1.807) is 6.07 Å². The van der Waals surface area contributed by atoms with Gasteiger partial charge in [-0.05, 0) is 68.6 Å². The summed E-state index contributed by atoms with van der Waals surface area (Å²) >= 11 is 12.5. The van der Waals surface area contributed by atoms with Crippen LogP contribution in [0.2, 0.25) is 5.02 Å². The lowest BCUT2D eigenvalue weighted by atomic mass is 10.2. The summed E-state index contributed by atoms with van der Waals surface area (Å²) in [6.45, 7) is 1.90. The number of anilines is 1. The van der Waals surface area contributed by atoms with Crippen molar-refractivity contribution in [2.45, 2.75) is 13.5 Å². The highest BCUT2D eigenvalue weighted by Crippen LogP contribution is 2.30. The van der Waals surface area contributed by atoms with Crippen LogP contribution in [-0.4, -0.2) is 0 Å². The average Bonchev–Trinajstić information content (AvgIpc) is 2.40. The Morgan fingerprint density at radius 3 is 2.55 bits per heavy atom. The second-order valence-corrected chi connectivity index (χ2v) is 6.37. The molecule has 106 valence electrons. The van der Waals surface area contributed by atoms with Gasteiger partial charge in [-0.2, -0.15) is 0 Å². The topological polar surface area (TPSA) is 12.0 Å². The van der Waals surface area contributed by atoms with E-state index in [-0.39, 0.29) is 16.6 Å². The zero-order chi connectivity index (χ0) is 14.9. The molecule has 0 aliphatic carbocycles. The molecule has 6 heteroatoms. The molecule has 1 nitrogen and oxygen atoms in total. The number of aryl methyl sites for hydroxylation is 1. The lowest BCUT2D eigenvalue weighted by Gasteiger charge is -2.12. The third kappa shape index (κ3) is 3.32. The summed E-state index contributed by atoms with van der Waals surface area (Å²) in [4.78, 5) is 0. The smallest absolute Gasteiger partial charge is 0.145 e. The Hall–Kier alpha value is -0.650. The first-order chi connectivity index (χ1) is 9.40. The number of hydrogen-bond acceptors (Lipinski definition) is 1. The largest absolute Gasteiger partial charge is 0.380 e. The predicted octanol–water partition coefficient (Wildman–Crippen LogP) is 6.06. The molecule has 0 heterocycles. The molecule has 0 radical (unpaired) electrons. The molecule has 0 fully saturated rings. The molecule has 2 rings (SSSR count). The number of rotatable bonds is 3. The van der Waals surface area contributed by atoms with Crippen LogP contribution in [0.5, 0.6) is 0 Å². The van der Waals surface area contributed by atoms with Crippen molar-refractivity contribution in [3.05, 3.63) is 61.0 Å². The first-order valence-electron chi connectivity index (χ1n) is 5.72. The minimum absolute atomic E-state index is 0.0229. The molecule has 0 saturated carbocycles. The van der Waals surface area contributed by atoms with Gasteiger partial charge in [0.1, 0.15) is 11.6 Å². The summed E-state index contributed by atoms with van der Waals surface area (Å²) in [6, 6.07) is 6.13. The molecule has 0 atom stereocenters. The third-order valence-corrected chi connectivity index (χ3v) is 4.52. The second kappa shape index (κ2) is 6.41. The zero-order valence-corrected chi connectivity index (χ0v) is 14.3. The fraction of sp³-hybridized carbons (Fsp3) is 0.143. The minimum atomic E-state index is -0.605. The molecule has 0 aliphatic rings. The van der Waals surface area contributed by atoms with Gasteiger partial charge in [-0.15, -0.1) is 0 Å². The van der Waals surface area contributed by atoms with Gasteiger partial charge in [0.05, 0.1) is 10.2 Å². The van der Waals surface area contributed by atoms with Crippen molar-refractivity contribution in [3.8, 4) is 0 Å². The molecule has 0 unspecified atom stereocenters. The van der Waals surface area contributed by atoms with Crippen LogP contribution in [0.4, 0.5) is 14.5 Å². The molecular weight excluding hydrogens is 415 g/mol. The Balaban J connectivity index is 2.26. The van der Waals surface area contributed by atoms with E-state index >= 15 is 0 Å². The lowest BCUT2D eigenvalue weighted by molar-refractivity contribution is 0.555. The summed E-state index contributed by atoms with van der Waals surface area (Å²) in [5, 5.41) is 3.56. The van der Waals surface area contributed by atoms with E-state index in [9.17, 15) is 8.78 Å². The number of halogens is 5. The van der Waals surface area contributed by atoms with Gasteiger partial charge in [-0.1, -0.05) is 11.6 Å². The molecular formula is C14H10Br2ClF2N. The second-order valence-electron chi connectivity index (χ2n) is 4.26. The first kappa shape index (κ1) is 15.7. The molecule has 2 aromatic carbocycles. The fourth-order valence-electron chi connectivity index (χ4n) is 1.70. The molecule has 20 heavy (non-hydrogen) atoms. The van der Waals surface area contributed by atoms with Crippen LogP contribution < -0.4 is 5.32 Å². The summed E-state index contributed by atoms with van der Waals surface area (Å²) in [5.74, 6) is -1.20. The van der Waals surface area contributed by atoms with Crippen molar-refractivity contribution in [1.82, 2.24) is 0 Å². The molecule has 0 aliphatic heterocycles. The van der Waals surface area contributed by atoms with Crippen LogP contribution in [-0.2, 0) is 6.54 Å². The van der Waals surface area contributed by atoms with Gasteiger partial charge in [0.25, 0.3) is 0 Å². The van der Waals surface area contributed by atoms with E-state index in [1.807, 2.05) is 13.0 Å². The van der Waals surface area contributed by atoms with E-state index in [0.717, 1.165) is 10.0 Å². The van der Waals surface area contributed by atoms with Gasteiger partial charge in [0.15, 0.2) is 0 Å². The maximum absolute atomic E-state index is 13.8. The SMILES string of the molecule is Cc1cc(Br)c(NCc2c(F)ccc(Br)c2F)cc1Cl. The van der Waals surface area contributed by atoms with Crippen molar-refractivity contribution in [2.75, 3.05) is 5.32 Å². The molecule has 2 aromatic rings. The normalized spacial score (nSPS) is 10.7. The van der Waals surface area contributed by atoms with Crippen molar-refractivity contribution in [3.63, 3.8) is 0 Å². The standard InChI is InChI=1S/C14H10Br2ClF2N/c1-7-4-10(16)13(5-11(7)17)20-6-8-12(18)3-2-9(15)14(8)19/h2-5,20H,6H2,1H3. The molecule has 0 bridgehead atoms. The molecule has 1 N–H and O–H groups in total. The van der Waals surface area contributed by atoms with Crippen molar-refractivity contribution in [1.29, 1.82) is 0 Å². The van der Waals surface area contributed by atoms with Crippen LogP contribution in [0.1, 0.15) is 11.1 Å². The molecule has 0 spiro atoms. The molecule has 0 aromatic heterocycles. The number of nitrogens with one attached hydrogen (secondary N) is 1. The van der Waals surface area contributed by atoms with Crippen molar-refractivity contribution in [2.24, 2.45) is 0 Å². The highest BCUT2D eigenvalue weighted by Gasteiger charge is 2.13. The van der Waals surface area contributed by atoms with Gasteiger partial charge < -0.3 is 5.32 Å². The quantitative estimate of drug-likeness (QED) is 0.589. The predicted molar refractivity (Wildman–Crippen MR) is 85.3 cm³/mol. The Kier molecular flexibility index (Phi) is 5.04. The van der Waals surface area contributed by atoms with Gasteiger partial charge in [0, 0.05) is 21.6 Å². The fourth-order valence-corrected chi connectivity index (χ4v) is 2.83. The van der Waals surface area contributed by atoms with Crippen LogP contribution >= 0.6 is 43.5 Å². The lowest BCUT2D eigenvalue weighted by Crippen LogP contribution is -2.06. The summed E-state index contributed by atoms with van der Waals surface area (Å²) in [5.41, 5.74) is 1.58. The molecule has 0 saturated heterocycles. The van der Waals surface area contributed by atoms with E-state index < -0.39 is 11.6 Å². The molecule has 0 amide bonds. The summed E-state index contributed by atoms with van der Waals surface area (Å²) in [7, 11) is 0. The van der Waals surface area contributed by atoms with Crippen molar-refractivity contribution >= 4 is 49.1 Å². The average molecular weight is 425 g/mol. The minimum Gasteiger partial charge on any atom is -0.380 e. The van der Waals surface area contributed by atoms with E-state index in [1.165, 1.54) is 12.1 Å². The van der Waals surface area contributed by atoms with E-state index in [4.69, 9.17) is 11.6 Å². The highest BCUT2D eigenvalue weighted by molar-refractivity contribution is 9.10. The van der Waals surface area contributed by atoms with Crippen LogP contribution in [0.25, 0.3) is 0 Å². The number of benzene rings is 2. The summed E-state index contributed by atoms with van der Waals surface area (Å²) < 4.78 is 28.5. The summed E-state index contributed by atoms with van der Waals surface area (Å²) in [6.07, 6.45) is 0. The van der Waals surface area contributed by atoms with Crippen LogP contribution in [0.15, 0.2) is 33.2 Å². The van der Waals surface area contributed by atoms with E-state index in [0.29, 0.717) is 10.7 Å². The van der Waals surface area contributed by atoms with Crippen LogP contribution in [0, 0.1) is 18.6 Å². The Bertz CT molecular complexity index is 662. The highest BCUT2D eigenvalue weighted by atomic mass is 79.9. The Morgan fingerprint density at radius 1 is 1.15 bits per heavy atom. The Morgan fingerprint density at radius 2 is 1.85 bits per heavy atom. The monoisotopic (exact) mass is 423 g/mol. The van der Waals surface area contributed by atoms with Crippen LogP contribution in [0.3, 0.4) is 0 Å². The van der Waals surface area contributed by atoms with Gasteiger partial charge >= 0.3 is 0 Å². The first-order valence-corrected chi connectivity index (χ1v) is 7.68. The zero-order valence-electron chi connectivity index (χ0n) is 10.4. The number of hydrogen-bond donors (Lipinski definition) is 1. The third-order valence-electron chi connectivity index (χ3n) is 2.84.